The zero-order chi connectivity index (χ0) is 14.8. The van der Waals surface area contributed by atoms with Gasteiger partial charge in [-0.15, -0.1) is 0 Å². The van der Waals surface area contributed by atoms with Gasteiger partial charge in [0.05, 0.1) is 16.2 Å². The van der Waals surface area contributed by atoms with Gasteiger partial charge in [0.2, 0.25) is 0 Å². The molecule has 11 heteroatoms. The van der Waals surface area contributed by atoms with E-state index in [0.29, 0.717) is 0 Å². The van der Waals surface area contributed by atoms with Crippen LogP contribution < -0.4 is 0 Å². The Morgan fingerprint density at radius 3 is 2.47 bits per heavy atom. The van der Waals surface area contributed by atoms with Gasteiger partial charge in [-0.2, -0.15) is 8.42 Å². The van der Waals surface area contributed by atoms with Crippen LogP contribution in [0.3, 0.4) is 0 Å². The van der Waals surface area contributed by atoms with Crippen LogP contribution in [0.4, 0.5) is 5.69 Å². The van der Waals surface area contributed by atoms with Crippen LogP contribution in [0, 0.1) is 10.1 Å². The maximum atomic E-state index is 10.7. The molecule has 0 aliphatic carbocycles. The molecule has 0 aromatic heterocycles. The lowest BCUT2D eigenvalue weighted by Gasteiger charge is -2.02. The number of nitrogens with zero attached hydrogens (tertiary/aromatic N) is 2. The van der Waals surface area contributed by atoms with Crippen LogP contribution >= 0.6 is 34.8 Å². The minimum atomic E-state index is -3.84. The van der Waals surface area contributed by atoms with Gasteiger partial charge in [0, 0.05) is 11.6 Å². The summed E-state index contributed by atoms with van der Waals surface area (Å²) in [7, 11) is -3.84. The number of halogens is 3. The highest BCUT2D eigenvalue weighted by molar-refractivity contribution is 7.85. The molecule has 0 amide bonds. The summed E-state index contributed by atoms with van der Waals surface area (Å²) in [6.07, 6.45) is 0.762. The van der Waals surface area contributed by atoms with Crippen LogP contribution in [-0.4, -0.2) is 24.8 Å². The lowest BCUT2D eigenvalue weighted by atomic mass is 10.2. The van der Waals surface area contributed by atoms with E-state index in [2.05, 4.69) is 9.44 Å². The minimum absolute atomic E-state index is 0.00795. The first-order valence-corrected chi connectivity index (χ1v) is 7.33. The van der Waals surface area contributed by atoms with Crippen molar-refractivity contribution in [2.45, 2.75) is 0 Å². The molecule has 0 spiro atoms. The standard InChI is InChI=1S/C8H5Cl3N2O5S/c1-19(16,17)18-12-8(11)4-2-5(9)7(10)6(3-4)13(14)15/h2-3H,1H3/b12-8-. The van der Waals surface area contributed by atoms with Crippen LogP contribution in [0.15, 0.2) is 17.3 Å². The summed E-state index contributed by atoms with van der Waals surface area (Å²) in [5.41, 5.74) is -0.497. The highest BCUT2D eigenvalue weighted by atomic mass is 35.5. The lowest BCUT2D eigenvalue weighted by Crippen LogP contribution is -2.01. The molecule has 0 bridgehead atoms. The maximum Gasteiger partial charge on any atom is 0.325 e. The molecular formula is C8H5Cl3N2O5S. The Hall–Kier alpha value is -1.09. The van der Waals surface area contributed by atoms with Gasteiger partial charge in [-0.25, -0.2) is 0 Å². The zero-order valence-corrected chi connectivity index (χ0v) is 12.2. The Morgan fingerprint density at radius 2 is 2.00 bits per heavy atom. The van der Waals surface area contributed by atoms with Gasteiger partial charge in [-0.3, -0.25) is 14.4 Å². The first kappa shape index (κ1) is 16.0. The van der Waals surface area contributed by atoms with Crippen LogP contribution in [0.2, 0.25) is 10.0 Å². The number of nitro groups is 1. The average Bonchev–Trinajstić information content (AvgIpc) is 2.28. The van der Waals surface area contributed by atoms with Crippen molar-refractivity contribution < 1.29 is 17.6 Å². The topological polar surface area (TPSA) is 98.9 Å². The molecule has 0 aliphatic heterocycles. The van der Waals surface area contributed by atoms with E-state index in [1.54, 1.807) is 0 Å². The maximum absolute atomic E-state index is 10.7. The summed E-state index contributed by atoms with van der Waals surface area (Å²) in [6, 6.07) is 2.18. The van der Waals surface area contributed by atoms with Crippen molar-refractivity contribution in [3.8, 4) is 0 Å². The molecule has 19 heavy (non-hydrogen) atoms. The fourth-order valence-corrected chi connectivity index (χ4v) is 1.77. The molecule has 0 N–H and O–H groups in total. The Balaban J connectivity index is 3.25. The van der Waals surface area contributed by atoms with E-state index in [1.165, 1.54) is 6.07 Å². The summed E-state index contributed by atoms with van der Waals surface area (Å²) in [5, 5.41) is 13.0. The van der Waals surface area contributed by atoms with Gasteiger partial charge in [0.15, 0.2) is 5.17 Å². The van der Waals surface area contributed by atoms with Crippen LogP contribution in [0.1, 0.15) is 5.56 Å². The van der Waals surface area contributed by atoms with E-state index in [1.807, 2.05) is 0 Å². The number of nitro benzene ring substituents is 1. The molecule has 0 atom stereocenters. The highest BCUT2D eigenvalue weighted by Gasteiger charge is 2.19. The Kier molecular flexibility index (Phi) is 4.97. The van der Waals surface area contributed by atoms with Gasteiger partial charge in [0.25, 0.3) is 5.69 Å². The highest BCUT2D eigenvalue weighted by Crippen LogP contribution is 2.33. The fraction of sp³-hybridized carbons (Fsp3) is 0.125. The second kappa shape index (κ2) is 5.91. The molecule has 7 nitrogen and oxygen atoms in total. The van der Waals surface area contributed by atoms with E-state index in [9.17, 15) is 18.5 Å². The van der Waals surface area contributed by atoms with Gasteiger partial charge < -0.3 is 0 Å². The first-order valence-electron chi connectivity index (χ1n) is 4.37. The summed E-state index contributed by atoms with van der Waals surface area (Å²) >= 11 is 17.0. The van der Waals surface area contributed by atoms with Crippen molar-refractivity contribution in [1.29, 1.82) is 0 Å². The van der Waals surface area contributed by atoms with Crippen molar-refractivity contribution in [2.24, 2.45) is 5.16 Å². The van der Waals surface area contributed by atoms with Crippen LogP contribution in [-0.2, 0) is 14.4 Å². The lowest BCUT2D eigenvalue weighted by molar-refractivity contribution is -0.384. The Morgan fingerprint density at radius 1 is 1.42 bits per heavy atom. The molecule has 0 fully saturated rings. The van der Waals surface area contributed by atoms with Crippen LogP contribution in [0.25, 0.3) is 0 Å². The number of hydrogen-bond donors (Lipinski definition) is 0. The number of rotatable bonds is 4. The monoisotopic (exact) mass is 346 g/mol. The summed E-state index contributed by atoms with van der Waals surface area (Å²) in [5.74, 6) is 0. The van der Waals surface area contributed by atoms with Crippen molar-refractivity contribution in [3.63, 3.8) is 0 Å². The normalized spacial score (nSPS) is 12.3. The molecule has 0 unspecified atom stereocenters. The fourth-order valence-electron chi connectivity index (χ4n) is 0.980. The molecule has 1 aromatic rings. The molecule has 0 heterocycles. The van der Waals surface area contributed by atoms with E-state index in [0.717, 1.165) is 12.3 Å². The van der Waals surface area contributed by atoms with Gasteiger partial charge in [0.1, 0.15) is 5.02 Å². The molecule has 0 radical (unpaired) electrons. The predicted molar refractivity (Wildman–Crippen MR) is 71.4 cm³/mol. The molecule has 0 aliphatic rings. The third kappa shape index (κ3) is 4.50. The van der Waals surface area contributed by atoms with E-state index in [4.69, 9.17) is 34.8 Å². The summed E-state index contributed by atoms with van der Waals surface area (Å²) in [4.78, 5) is 9.95. The van der Waals surface area contributed by atoms with E-state index < -0.39 is 25.9 Å². The molecule has 104 valence electrons. The average molecular weight is 348 g/mol. The van der Waals surface area contributed by atoms with Crippen molar-refractivity contribution in [3.05, 3.63) is 37.9 Å². The Labute approximate surface area is 123 Å². The smallest absolute Gasteiger partial charge is 0.267 e. The predicted octanol–water partition coefficient (Wildman–Crippen LogP) is 2.78. The van der Waals surface area contributed by atoms with Crippen molar-refractivity contribution in [1.82, 2.24) is 0 Å². The molecule has 1 rings (SSSR count). The van der Waals surface area contributed by atoms with Gasteiger partial charge >= 0.3 is 10.1 Å². The molecule has 0 saturated heterocycles. The number of oxime groups is 1. The minimum Gasteiger partial charge on any atom is -0.267 e. The van der Waals surface area contributed by atoms with Crippen molar-refractivity contribution >= 4 is 55.8 Å². The van der Waals surface area contributed by atoms with E-state index in [-0.39, 0.29) is 15.6 Å². The Bertz CT molecular complexity index is 659. The summed E-state index contributed by atoms with van der Waals surface area (Å²) in [6.45, 7) is 0. The SMILES string of the molecule is CS(=O)(=O)O/N=C(\Cl)c1cc(Cl)c(Cl)c([N+](=O)[O-])c1. The van der Waals surface area contributed by atoms with Crippen molar-refractivity contribution in [2.75, 3.05) is 6.26 Å². The van der Waals surface area contributed by atoms with Crippen LogP contribution in [0.5, 0.6) is 0 Å². The summed E-state index contributed by atoms with van der Waals surface area (Å²) < 4.78 is 25.5. The third-order valence-electron chi connectivity index (χ3n) is 1.70. The van der Waals surface area contributed by atoms with Gasteiger partial charge in [-0.05, 0) is 6.07 Å². The number of hydrogen-bond acceptors (Lipinski definition) is 6. The second-order valence-electron chi connectivity index (χ2n) is 3.21. The second-order valence-corrected chi connectivity index (χ2v) is 5.91. The van der Waals surface area contributed by atoms with E-state index >= 15 is 0 Å². The first-order chi connectivity index (χ1) is 8.61. The quantitative estimate of drug-likeness (QED) is 0.474. The molecular weight excluding hydrogens is 343 g/mol. The molecule has 0 saturated carbocycles. The van der Waals surface area contributed by atoms with Gasteiger partial charge in [-0.1, -0.05) is 40.0 Å². The number of benzene rings is 1. The molecule has 1 aromatic carbocycles. The zero-order valence-electron chi connectivity index (χ0n) is 9.13. The third-order valence-corrected chi connectivity index (χ3v) is 3.12. The largest absolute Gasteiger partial charge is 0.325 e.